The summed E-state index contributed by atoms with van der Waals surface area (Å²) in [5.74, 6) is -0.285. The third-order valence-corrected chi connectivity index (χ3v) is 2.92. The van der Waals surface area contributed by atoms with Crippen LogP contribution in [0, 0.1) is 12.7 Å². The molecule has 0 aliphatic heterocycles. The lowest BCUT2D eigenvalue weighted by atomic mass is 10.1. The van der Waals surface area contributed by atoms with E-state index in [4.69, 9.17) is 11.6 Å². The molecule has 1 aromatic heterocycles. The molecule has 0 saturated carbocycles. The van der Waals surface area contributed by atoms with Crippen LogP contribution < -0.4 is 5.32 Å². The van der Waals surface area contributed by atoms with Crippen molar-refractivity contribution in [2.24, 2.45) is 0 Å². The molecule has 0 saturated heterocycles. The Kier molecular flexibility index (Phi) is 2.88. The highest BCUT2D eigenvalue weighted by molar-refractivity contribution is 6.32. The number of H-pyrrole nitrogens is 1. The van der Waals surface area contributed by atoms with Crippen LogP contribution in [0.25, 0.3) is 10.9 Å². The van der Waals surface area contributed by atoms with Crippen molar-refractivity contribution in [1.29, 1.82) is 0 Å². The van der Waals surface area contributed by atoms with E-state index in [9.17, 15) is 4.39 Å². The van der Waals surface area contributed by atoms with E-state index in [1.54, 1.807) is 19.2 Å². The first kappa shape index (κ1) is 11.0. The molecule has 0 radical (unpaired) electrons. The van der Waals surface area contributed by atoms with Crippen molar-refractivity contribution in [2.45, 2.75) is 13.5 Å². The van der Waals surface area contributed by atoms with E-state index in [0.29, 0.717) is 22.6 Å². The zero-order valence-electron chi connectivity index (χ0n) is 8.90. The van der Waals surface area contributed by atoms with Crippen molar-refractivity contribution in [3.63, 3.8) is 0 Å². The lowest BCUT2D eigenvalue weighted by molar-refractivity contribution is 0.628. The molecule has 0 atom stereocenters. The normalized spacial score (nSPS) is 10.7. The minimum atomic E-state index is -0.285. The second kappa shape index (κ2) is 4.18. The predicted molar refractivity (Wildman–Crippen MR) is 65.0 cm³/mol. The third-order valence-electron chi connectivity index (χ3n) is 2.53. The summed E-state index contributed by atoms with van der Waals surface area (Å²) in [4.78, 5) is 3.02. The number of benzene rings is 1. The smallest absolute Gasteiger partial charge is 0.151 e. The second-order valence-electron chi connectivity index (χ2n) is 3.64. The Labute approximate surface area is 98.1 Å². The Morgan fingerprint density at radius 3 is 3.00 bits per heavy atom. The van der Waals surface area contributed by atoms with Gasteiger partial charge in [-0.05, 0) is 25.3 Å². The third kappa shape index (κ3) is 1.78. The quantitative estimate of drug-likeness (QED) is 0.842. The summed E-state index contributed by atoms with van der Waals surface area (Å²) >= 11 is 5.92. The van der Waals surface area contributed by atoms with Gasteiger partial charge in [-0.2, -0.15) is 0 Å². The van der Waals surface area contributed by atoms with E-state index in [1.807, 2.05) is 6.07 Å². The molecule has 2 N–H and O–H groups in total. The Morgan fingerprint density at radius 2 is 2.31 bits per heavy atom. The van der Waals surface area contributed by atoms with Crippen molar-refractivity contribution >= 4 is 22.5 Å². The summed E-state index contributed by atoms with van der Waals surface area (Å²) in [7, 11) is 0. The molecular formula is C12H12ClFN2. The number of nitrogens with one attached hydrogen (secondary N) is 2. The average molecular weight is 239 g/mol. The van der Waals surface area contributed by atoms with E-state index in [1.165, 1.54) is 0 Å². The molecule has 2 rings (SSSR count). The van der Waals surface area contributed by atoms with Crippen LogP contribution in [0.15, 0.2) is 24.9 Å². The summed E-state index contributed by atoms with van der Waals surface area (Å²) in [6, 6.07) is 3.64. The molecule has 0 bridgehead atoms. The molecule has 4 heteroatoms. The Morgan fingerprint density at radius 1 is 1.56 bits per heavy atom. The fourth-order valence-electron chi connectivity index (χ4n) is 1.64. The molecule has 0 spiro atoms. The number of hydrogen-bond acceptors (Lipinski definition) is 1. The van der Waals surface area contributed by atoms with Gasteiger partial charge >= 0.3 is 0 Å². The molecule has 2 nitrogen and oxygen atoms in total. The van der Waals surface area contributed by atoms with Crippen molar-refractivity contribution < 1.29 is 4.39 Å². The summed E-state index contributed by atoms with van der Waals surface area (Å²) < 4.78 is 13.8. The second-order valence-corrected chi connectivity index (χ2v) is 4.05. The van der Waals surface area contributed by atoms with Gasteiger partial charge in [-0.15, -0.1) is 0 Å². The lowest BCUT2D eigenvalue weighted by Gasteiger charge is -2.00. The van der Waals surface area contributed by atoms with Crippen LogP contribution in [-0.4, -0.2) is 4.98 Å². The molecule has 0 amide bonds. The van der Waals surface area contributed by atoms with Gasteiger partial charge < -0.3 is 10.3 Å². The van der Waals surface area contributed by atoms with Gasteiger partial charge in [0.1, 0.15) is 0 Å². The van der Waals surface area contributed by atoms with Crippen LogP contribution in [0.4, 0.5) is 4.39 Å². The molecule has 0 aliphatic carbocycles. The zero-order valence-corrected chi connectivity index (χ0v) is 9.66. The van der Waals surface area contributed by atoms with Crippen LogP contribution >= 0.6 is 11.6 Å². The van der Waals surface area contributed by atoms with Gasteiger partial charge in [-0.1, -0.05) is 18.2 Å². The Bertz CT molecular complexity index is 545. The van der Waals surface area contributed by atoms with Crippen LogP contribution in [-0.2, 0) is 6.54 Å². The van der Waals surface area contributed by atoms with Gasteiger partial charge in [-0.3, -0.25) is 0 Å². The van der Waals surface area contributed by atoms with Crippen LogP contribution in [0.2, 0.25) is 5.02 Å². The lowest BCUT2D eigenvalue weighted by Crippen LogP contribution is -2.03. The SMILES string of the molecule is C=CNCc1cc2cc(Cl)c(C)c(F)c2[nH]1. The van der Waals surface area contributed by atoms with Crippen molar-refractivity contribution in [2.75, 3.05) is 0 Å². The molecule has 16 heavy (non-hydrogen) atoms. The van der Waals surface area contributed by atoms with E-state index in [0.717, 1.165) is 11.1 Å². The summed E-state index contributed by atoms with van der Waals surface area (Å²) in [6.07, 6.45) is 1.60. The fraction of sp³-hybridized carbons (Fsp3) is 0.167. The highest BCUT2D eigenvalue weighted by Crippen LogP contribution is 2.27. The highest BCUT2D eigenvalue weighted by atomic mass is 35.5. The first-order valence-electron chi connectivity index (χ1n) is 4.94. The monoisotopic (exact) mass is 238 g/mol. The molecule has 0 fully saturated rings. The van der Waals surface area contributed by atoms with Crippen LogP contribution in [0.1, 0.15) is 11.3 Å². The first-order valence-corrected chi connectivity index (χ1v) is 5.31. The molecule has 0 aliphatic rings. The number of rotatable bonds is 3. The minimum Gasteiger partial charge on any atom is -0.386 e. The summed E-state index contributed by atoms with van der Waals surface area (Å²) in [5, 5.41) is 4.19. The molecular weight excluding hydrogens is 227 g/mol. The van der Waals surface area contributed by atoms with Crippen molar-refractivity contribution in [1.82, 2.24) is 10.3 Å². The van der Waals surface area contributed by atoms with Gasteiger partial charge in [0.25, 0.3) is 0 Å². The van der Waals surface area contributed by atoms with Gasteiger partial charge in [0.05, 0.1) is 12.1 Å². The number of halogens is 2. The van der Waals surface area contributed by atoms with E-state index >= 15 is 0 Å². The number of aromatic amines is 1. The maximum absolute atomic E-state index is 13.8. The van der Waals surface area contributed by atoms with Crippen molar-refractivity contribution in [3.8, 4) is 0 Å². The fourth-order valence-corrected chi connectivity index (χ4v) is 1.84. The molecule has 2 aromatic rings. The summed E-state index contributed by atoms with van der Waals surface area (Å²) in [5.41, 5.74) is 1.87. The highest BCUT2D eigenvalue weighted by Gasteiger charge is 2.11. The number of fused-ring (bicyclic) bond motifs is 1. The zero-order chi connectivity index (χ0) is 11.7. The topological polar surface area (TPSA) is 27.8 Å². The standard InChI is InChI=1S/C12H12ClFN2/c1-3-15-6-9-4-8-5-10(13)7(2)11(14)12(8)16-9/h3-5,15-16H,1,6H2,2H3. The van der Waals surface area contributed by atoms with Gasteiger partial charge in [-0.25, -0.2) is 4.39 Å². The van der Waals surface area contributed by atoms with Gasteiger partial charge in [0.15, 0.2) is 5.82 Å². The molecule has 1 aromatic carbocycles. The molecule has 1 heterocycles. The predicted octanol–water partition coefficient (Wildman–Crippen LogP) is 3.50. The minimum absolute atomic E-state index is 0.285. The van der Waals surface area contributed by atoms with E-state index in [2.05, 4.69) is 16.9 Å². The maximum Gasteiger partial charge on any atom is 0.151 e. The van der Waals surface area contributed by atoms with Crippen LogP contribution in [0.5, 0.6) is 0 Å². The Hall–Kier alpha value is -1.48. The van der Waals surface area contributed by atoms with Gasteiger partial charge in [0, 0.05) is 21.7 Å². The Balaban J connectivity index is 2.53. The largest absolute Gasteiger partial charge is 0.386 e. The molecule has 0 unspecified atom stereocenters. The van der Waals surface area contributed by atoms with E-state index in [-0.39, 0.29) is 5.82 Å². The maximum atomic E-state index is 13.8. The first-order chi connectivity index (χ1) is 7.63. The molecule has 84 valence electrons. The van der Waals surface area contributed by atoms with Crippen LogP contribution in [0.3, 0.4) is 0 Å². The van der Waals surface area contributed by atoms with Gasteiger partial charge in [0.2, 0.25) is 0 Å². The average Bonchev–Trinajstić information content (AvgIpc) is 2.66. The number of aromatic nitrogens is 1. The summed E-state index contributed by atoms with van der Waals surface area (Å²) in [6.45, 7) is 5.81. The van der Waals surface area contributed by atoms with E-state index < -0.39 is 0 Å². The number of hydrogen-bond donors (Lipinski definition) is 2. The van der Waals surface area contributed by atoms with Crippen molar-refractivity contribution in [3.05, 3.63) is 47.0 Å².